The Balaban J connectivity index is 3.34. The second-order valence-corrected chi connectivity index (χ2v) is 3.48. The van der Waals surface area contributed by atoms with E-state index in [4.69, 9.17) is 17.3 Å². The van der Waals surface area contributed by atoms with E-state index < -0.39 is 17.9 Å². The van der Waals surface area contributed by atoms with Crippen molar-refractivity contribution in [1.29, 1.82) is 0 Å². The molecule has 76 valence electrons. The largest absolute Gasteiger partial charge is 0.366 e. The van der Waals surface area contributed by atoms with Crippen molar-refractivity contribution in [2.45, 2.75) is 6.43 Å². The van der Waals surface area contributed by atoms with Gasteiger partial charge < -0.3 is 5.73 Å². The summed E-state index contributed by atoms with van der Waals surface area (Å²) >= 11 is 8.32. The maximum Gasteiger partial charge on any atom is 0.266 e. The zero-order valence-electron chi connectivity index (χ0n) is 6.60. The Hall–Kier alpha value is -0.750. The van der Waals surface area contributed by atoms with Crippen LogP contribution in [0.5, 0.6) is 0 Å². The summed E-state index contributed by atoms with van der Waals surface area (Å²) in [5.74, 6) is -0.844. The molecule has 0 aliphatic carbocycles. The fraction of sp³-hybridized carbons (Fsp3) is 0.143. The predicted octanol–water partition coefficient (Wildman–Crippen LogP) is 2.53. The minimum atomic E-state index is -2.79. The van der Waals surface area contributed by atoms with E-state index in [-0.39, 0.29) is 15.3 Å². The molecule has 0 atom stereocenters. The van der Waals surface area contributed by atoms with Crippen molar-refractivity contribution < 1.29 is 13.6 Å². The average Bonchev–Trinajstić information content (AvgIpc) is 2.02. The number of primary amides is 1. The fourth-order valence-electron chi connectivity index (χ4n) is 0.811. The highest BCUT2D eigenvalue weighted by Gasteiger charge is 2.18. The third-order valence-electron chi connectivity index (χ3n) is 1.46. The van der Waals surface area contributed by atoms with Crippen LogP contribution in [-0.4, -0.2) is 10.9 Å². The van der Waals surface area contributed by atoms with Gasteiger partial charge >= 0.3 is 0 Å². The van der Waals surface area contributed by atoms with Crippen molar-refractivity contribution in [3.8, 4) is 0 Å². The normalized spacial score (nSPS) is 10.6. The van der Waals surface area contributed by atoms with Crippen molar-refractivity contribution in [3.63, 3.8) is 0 Å². The summed E-state index contributed by atoms with van der Waals surface area (Å²) in [5, 5.41) is -0.350. The topological polar surface area (TPSA) is 56.0 Å². The monoisotopic (exact) mass is 284 g/mol. The number of halogens is 4. The van der Waals surface area contributed by atoms with Crippen LogP contribution in [0.1, 0.15) is 22.3 Å². The summed E-state index contributed by atoms with van der Waals surface area (Å²) in [7, 11) is 0. The summed E-state index contributed by atoms with van der Waals surface area (Å²) in [6, 6.07) is 0.923. The van der Waals surface area contributed by atoms with Gasteiger partial charge in [-0.3, -0.25) is 4.79 Å². The molecular weight excluding hydrogens is 281 g/mol. The van der Waals surface area contributed by atoms with E-state index in [0.29, 0.717) is 0 Å². The number of nitrogens with zero attached hydrogens (tertiary/aromatic N) is 1. The second-order valence-electron chi connectivity index (χ2n) is 2.37. The lowest BCUT2D eigenvalue weighted by Gasteiger charge is -2.05. The number of hydrogen-bond donors (Lipinski definition) is 1. The predicted molar refractivity (Wildman–Crippen MR) is 50.4 cm³/mol. The highest BCUT2D eigenvalue weighted by Crippen LogP contribution is 2.29. The number of alkyl halides is 2. The van der Waals surface area contributed by atoms with E-state index in [0.717, 1.165) is 6.07 Å². The van der Waals surface area contributed by atoms with E-state index in [2.05, 4.69) is 20.9 Å². The van der Waals surface area contributed by atoms with Gasteiger partial charge in [0.15, 0.2) is 0 Å². The van der Waals surface area contributed by atoms with Crippen LogP contribution in [0.15, 0.2) is 10.7 Å². The van der Waals surface area contributed by atoms with Crippen molar-refractivity contribution in [2.75, 3.05) is 0 Å². The third kappa shape index (κ3) is 2.19. The maximum atomic E-state index is 12.3. The number of aromatic nitrogens is 1. The first-order valence-electron chi connectivity index (χ1n) is 3.37. The molecule has 0 unspecified atom stereocenters. The lowest BCUT2D eigenvalue weighted by atomic mass is 10.2. The van der Waals surface area contributed by atoms with Gasteiger partial charge in [-0.15, -0.1) is 0 Å². The summed E-state index contributed by atoms with van der Waals surface area (Å²) in [6.45, 7) is 0. The highest BCUT2D eigenvalue weighted by molar-refractivity contribution is 9.10. The molecule has 0 aliphatic heterocycles. The molecule has 0 spiro atoms. The first-order valence-corrected chi connectivity index (χ1v) is 4.54. The van der Waals surface area contributed by atoms with E-state index in [1.807, 2.05) is 0 Å². The lowest BCUT2D eigenvalue weighted by molar-refractivity contribution is 0.0998. The van der Waals surface area contributed by atoms with Gasteiger partial charge in [-0.2, -0.15) is 0 Å². The molecule has 0 saturated heterocycles. The Morgan fingerprint density at radius 1 is 1.64 bits per heavy atom. The minimum absolute atomic E-state index is 0.0550. The second kappa shape index (κ2) is 4.18. The van der Waals surface area contributed by atoms with Crippen LogP contribution in [0, 0.1) is 0 Å². The number of carbonyl (C=O) groups is 1. The molecule has 1 amide bonds. The van der Waals surface area contributed by atoms with Crippen LogP contribution < -0.4 is 5.73 Å². The van der Waals surface area contributed by atoms with Gasteiger partial charge in [0.25, 0.3) is 12.3 Å². The van der Waals surface area contributed by atoms with Crippen LogP contribution in [0.25, 0.3) is 0 Å². The van der Waals surface area contributed by atoms with E-state index in [1.165, 1.54) is 0 Å². The van der Waals surface area contributed by atoms with Crippen LogP contribution in [0.2, 0.25) is 5.15 Å². The van der Waals surface area contributed by atoms with Crippen LogP contribution in [0.4, 0.5) is 8.78 Å². The zero-order chi connectivity index (χ0) is 10.9. The Morgan fingerprint density at radius 2 is 2.21 bits per heavy atom. The smallest absolute Gasteiger partial charge is 0.266 e. The summed E-state index contributed by atoms with van der Waals surface area (Å²) < 4.78 is 24.7. The Kier molecular flexibility index (Phi) is 3.38. The number of amides is 1. The van der Waals surface area contributed by atoms with Crippen molar-refractivity contribution in [3.05, 3.63) is 26.9 Å². The fourth-order valence-corrected chi connectivity index (χ4v) is 1.62. The zero-order valence-corrected chi connectivity index (χ0v) is 8.94. The maximum absolute atomic E-state index is 12.3. The lowest BCUT2D eigenvalue weighted by Crippen LogP contribution is -2.13. The van der Waals surface area contributed by atoms with Crippen molar-refractivity contribution in [2.24, 2.45) is 5.73 Å². The molecular formula is C7H4BrClF2N2O. The van der Waals surface area contributed by atoms with Crippen LogP contribution >= 0.6 is 27.5 Å². The van der Waals surface area contributed by atoms with Gasteiger partial charge in [0.2, 0.25) is 0 Å². The highest BCUT2D eigenvalue weighted by atomic mass is 79.9. The third-order valence-corrected chi connectivity index (χ3v) is 2.36. The molecule has 0 aromatic carbocycles. The molecule has 0 saturated carbocycles. The number of carbonyl (C=O) groups excluding carboxylic acids is 1. The summed E-state index contributed by atoms with van der Waals surface area (Å²) in [4.78, 5) is 14.3. The van der Waals surface area contributed by atoms with Gasteiger partial charge in [0.05, 0.1) is 11.1 Å². The Bertz CT molecular complexity index is 386. The number of rotatable bonds is 2. The standard InChI is InChI=1S/C7H4BrClF2N2O/c8-4-2(7(12)14)1-3(6(10)11)5(9)13-4/h1,6H,(H2,12,14). The Morgan fingerprint density at radius 3 is 2.64 bits per heavy atom. The number of hydrogen-bond acceptors (Lipinski definition) is 2. The molecule has 0 aliphatic rings. The van der Waals surface area contributed by atoms with Crippen molar-refractivity contribution >= 4 is 33.4 Å². The van der Waals surface area contributed by atoms with E-state index in [1.54, 1.807) is 0 Å². The van der Waals surface area contributed by atoms with E-state index >= 15 is 0 Å². The quantitative estimate of drug-likeness (QED) is 0.849. The van der Waals surface area contributed by atoms with Gasteiger partial charge in [-0.1, -0.05) is 11.6 Å². The van der Waals surface area contributed by atoms with Gasteiger partial charge in [0, 0.05) is 0 Å². The molecule has 2 N–H and O–H groups in total. The summed E-state index contributed by atoms with van der Waals surface area (Å²) in [6.07, 6.45) is -2.79. The Labute approximate surface area is 91.4 Å². The molecule has 1 heterocycles. The molecule has 1 aromatic heterocycles. The molecule has 1 aromatic rings. The number of nitrogens with two attached hydrogens (primary N) is 1. The SMILES string of the molecule is NC(=O)c1cc(C(F)F)c(Cl)nc1Br. The molecule has 0 fully saturated rings. The van der Waals surface area contributed by atoms with Crippen LogP contribution in [-0.2, 0) is 0 Å². The van der Waals surface area contributed by atoms with Gasteiger partial charge in [-0.25, -0.2) is 13.8 Å². The molecule has 7 heteroatoms. The molecule has 0 bridgehead atoms. The minimum Gasteiger partial charge on any atom is -0.366 e. The molecule has 3 nitrogen and oxygen atoms in total. The van der Waals surface area contributed by atoms with Crippen molar-refractivity contribution in [1.82, 2.24) is 4.98 Å². The number of pyridine rings is 1. The molecule has 1 rings (SSSR count). The molecule has 0 radical (unpaired) electrons. The van der Waals surface area contributed by atoms with E-state index in [9.17, 15) is 13.6 Å². The summed E-state index contributed by atoms with van der Waals surface area (Å²) in [5.41, 5.74) is 4.31. The first-order chi connectivity index (χ1) is 6.43. The van der Waals surface area contributed by atoms with Gasteiger partial charge in [0.1, 0.15) is 9.76 Å². The van der Waals surface area contributed by atoms with Crippen LogP contribution in [0.3, 0.4) is 0 Å². The van der Waals surface area contributed by atoms with Gasteiger partial charge in [-0.05, 0) is 22.0 Å². The first kappa shape index (κ1) is 11.3. The average molecular weight is 285 g/mol. The molecule has 14 heavy (non-hydrogen) atoms.